The van der Waals surface area contributed by atoms with Crippen LogP contribution in [0.4, 0.5) is 24.1 Å². The summed E-state index contributed by atoms with van der Waals surface area (Å²) in [6.07, 6.45) is -3.80. The molecule has 4 rings (SSSR count). The number of nitrogens with one attached hydrogen (secondary N) is 1. The first kappa shape index (κ1) is 17.0. The largest absolute Gasteiger partial charge is 0.433 e. The zero-order chi connectivity index (χ0) is 18.3. The van der Waals surface area contributed by atoms with Gasteiger partial charge in [0, 0.05) is 18.2 Å². The molecule has 3 heterocycles. The van der Waals surface area contributed by atoms with Gasteiger partial charge in [-0.25, -0.2) is 9.97 Å². The van der Waals surface area contributed by atoms with Crippen molar-refractivity contribution in [2.24, 2.45) is 0 Å². The molecule has 0 spiro atoms. The molecule has 9 heteroatoms. The van der Waals surface area contributed by atoms with E-state index in [2.05, 4.69) is 21.4 Å². The summed E-state index contributed by atoms with van der Waals surface area (Å²) in [6, 6.07) is 9.02. The van der Waals surface area contributed by atoms with Crippen molar-refractivity contribution < 1.29 is 17.9 Å². The number of hydrogen-bond donors (Lipinski definition) is 2. The number of nitrogens with two attached hydrogens (primary N) is 1. The highest BCUT2D eigenvalue weighted by Gasteiger charge is 2.33. The first-order valence-corrected chi connectivity index (χ1v) is 8.73. The molecule has 1 aromatic carbocycles. The lowest BCUT2D eigenvalue weighted by Gasteiger charge is -2.17. The molecule has 0 aliphatic carbocycles. The second kappa shape index (κ2) is 6.40. The second-order valence-electron chi connectivity index (χ2n) is 5.93. The standard InChI is InChI=1S/C17H14F3N4OS/c18-17(19,20)14-4-2-11(15(24-14)22-10-5-6-25-8-10)9-1-3-13-12(7-9)23-16(21)26-13/h1-4,10H,5-6,8H2,(H2,21,23)(H,22,24). The fraction of sp³-hybridized carbons (Fsp3) is 0.294. The van der Waals surface area contributed by atoms with E-state index in [9.17, 15) is 13.2 Å². The van der Waals surface area contributed by atoms with E-state index in [1.54, 1.807) is 6.07 Å². The van der Waals surface area contributed by atoms with Crippen molar-refractivity contribution in [2.45, 2.75) is 18.6 Å². The van der Waals surface area contributed by atoms with Gasteiger partial charge in [0.15, 0.2) is 5.13 Å². The number of fused-ring (bicyclic) bond motifs is 1. The third kappa shape index (κ3) is 3.32. The van der Waals surface area contributed by atoms with Crippen LogP contribution in [0.2, 0.25) is 0 Å². The van der Waals surface area contributed by atoms with Gasteiger partial charge >= 0.3 is 6.18 Å². The number of anilines is 2. The lowest BCUT2D eigenvalue weighted by molar-refractivity contribution is -0.141. The van der Waals surface area contributed by atoms with Gasteiger partial charge < -0.3 is 15.8 Å². The summed E-state index contributed by atoms with van der Waals surface area (Å²) < 4.78 is 45.4. The van der Waals surface area contributed by atoms with Crippen LogP contribution in [0.1, 0.15) is 12.1 Å². The van der Waals surface area contributed by atoms with E-state index in [0.717, 1.165) is 10.8 Å². The number of thiazole rings is 1. The Morgan fingerprint density at radius 2 is 2.08 bits per heavy atom. The smallest absolute Gasteiger partial charge is 0.379 e. The summed E-state index contributed by atoms with van der Waals surface area (Å²) in [4.78, 5) is 8.00. The molecule has 2 aromatic heterocycles. The third-order valence-electron chi connectivity index (χ3n) is 4.07. The van der Waals surface area contributed by atoms with Crippen molar-refractivity contribution in [1.29, 1.82) is 0 Å². The van der Waals surface area contributed by atoms with E-state index in [1.165, 1.54) is 17.4 Å². The number of halogens is 3. The van der Waals surface area contributed by atoms with Crippen molar-refractivity contribution in [2.75, 3.05) is 24.3 Å². The van der Waals surface area contributed by atoms with Gasteiger partial charge in [-0.15, -0.1) is 0 Å². The Bertz CT molecular complexity index is 951. The van der Waals surface area contributed by atoms with Crippen LogP contribution in [-0.2, 0) is 10.9 Å². The average molecular weight is 379 g/mol. The number of ether oxygens (including phenoxy) is 1. The highest BCUT2D eigenvalue weighted by atomic mass is 32.1. The lowest BCUT2D eigenvalue weighted by atomic mass is 10.0. The minimum absolute atomic E-state index is 0.0802. The van der Waals surface area contributed by atoms with Gasteiger partial charge in [-0.3, -0.25) is 0 Å². The van der Waals surface area contributed by atoms with E-state index in [0.29, 0.717) is 41.4 Å². The summed E-state index contributed by atoms with van der Waals surface area (Å²) in [5.74, 6) is 0.161. The van der Waals surface area contributed by atoms with Gasteiger partial charge in [0.25, 0.3) is 0 Å². The van der Waals surface area contributed by atoms with Gasteiger partial charge in [-0.1, -0.05) is 17.4 Å². The number of rotatable bonds is 3. The van der Waals surface area contributed by atoms with E-state index in [1.807, 2.05) is 6.07 Å². The number of pyridine rings is 1. The van der Waals surface area contributed by atoms with Gasteiger partial charge in [0.1, 0.15) is 11.5 Å². The minimum atomic E-state index is -4.52. The van der Waals surface area contributed by atoms with E-state index in [-0.39, 0.29) is 11.9 Å². The Kier molecular flexibility index (Phi) is 4.20. The van der Waals surface area contributed by atoms with Crippen molar-refractivity contribution in [3.05, 3.63) is 36.0 Å². The molecule has 1 atom stereocenters. The molecule has 1 fully saturated rings. The number of alkyl halides is 3. The molecule has 3 N–H and O–H groups in total. The maximum Gasteiger partial charge on any atom is 0.433 e. The average Bonchev–Trinajstić information content (AvgIpc) is 3.21. The number of aromatic nitrogens is 2. The Hall–Kier alpha value is -2.39. The van der Waals surface area contributed by atoms with Crippen molar-refractivity contribution >= 4 is 32.5 Å². The van der Waals surface area contributed by atoms with E-state index in [4.69, 9.17) is 10.5 Å². The van der Waals surface area contributed by atoms with Crippen LogP contribution in [0.5, 0.6) is 0 Å². The number of hydrogen-bond acceptors (Lipinski definition) is 6. The van der Waals surface area contributed by atoms with Crippen LogP contribution in [0.25, 0.3) is 21.3 Å². The van der Waals surface area contributed by atoms with Crippen molar-refractivity contribution in [3.8, 4) is 11.1 Å². The zero-order valence-electron chi connectivity index (χ0n) is 13.4. The van der Waals surface area contributed by atoms with E-state index < -0.39 is 11.9 Å². The Balaban J connectivity index is 1.79. The normalized spacial score (nSPS) is 17.7. The maximum atomic E-state index is 13.1. The van der Waals surface area contributed by atoms with Gasteiger partial charge in [0.05, 0.1) is 22.9 Å². The molecule has 3 aromatic rings. The maximum absolute atomic E-state index is 13.1. The molecule has 0 saturated carbocycles. The van der Waals surface area contributed by atoms with Crippen molar-refractivity contribution in [1.82, 2.24) is 9.97 Å². The minimum Gasteiger partial charge on any atom is -0.379 e. The SMILES string of the molecule is Nc1nc2[c]c(-c3ccc(C(F)(F)F)nc3NC3CCOC3)ccc2s1. The van der Waals surface area contributed by atoms with E-state index >= 15 is 0 Å². The molecular formula is C17H14F3N4OS. The molecule has 1 aliphatic rings. The van der Waals surface area contributed by atoms with Crippen LogP contribution < -0.4 is 11.1 Å². The number of nitrogens with zero attached hydrogens (tertiary/aromatic N) is 2. The van der Waals surface area contributed by atoms with Crippen LogP contribution in [-0.4, -0.2) is 29.2 Å². The lowest BCUT2D eigenvalue weighted by Crippen LogP contribution is -2.21. The molecule has 1 aliphatic heterocycles. The molecule has 0 bridgehead atoms. The predicted octanol–water partition coefficient (Wildman–Crippen LogP) is 3.96. The fourth-order valence-corrected chi connectivity index (χ4v) is 3.51. The fourth-order valence-electron chi connectivity index (χ4n) is 2.82. The van der Waals surface area contributed by atoms with Crippen LogP contribution in [0.3, 0.4) is 0 Å². The third-order valence-corrected chi connectivity index (χ3v) is 4.92. The summed E-state index contributed by atoms with van der Waals surface area (Å²) in [5, 5.41) is 3.49. The zero-order valence-corrected chi connectivity index (χ0v) is 14.2. The molecule has 1 unspecified atom stereocenters. The number of benzene rings is 1. The quantitative estimate of drug-likeness (QED) is 0.721. The topological polar surface area (TPSA) is 73.1 Å². The summed E-state index contributed by atoms with van der Waals surface area (Å²) in [7, 11) is 0. The monoisotopic (exact) mass is 379 g/mol. The number of nitrogen functional groups attached to an aromatic ring is 1. The Morgan fingerprint density at radius 1 is 1.23 bits per heavy atom. The molecule has 1 radical (unpaired) electrons. The second-order valence-corrected chi connectivity index (χ2v) is 6.99. The predicted molar refractivity (Wildman–Crippen MR) is 93.9 cm³/mol. The Labute approximate surface area is 151 Å². The Morgan fingerprint density at radius 3 is 2.81 bits per heavy atom. The highest BCUT2D eigenvalue weighted by Crippen LogP contribution is 2.35. The van der Waals surface area contributed by atoms with Gasteiger partial charge in [0.2, 0.25) is 0 Å². The first-order valence-electron chi connectivity index (χ1n) is 7.91. The van der Waals surface area contributed by atoms with Crippen molar-refractivity contribution in [3.63, 3.8) is 0 Å². The molecule has 26 heavy (non-hydrogen) atoms. The molecule has 135 valence electrons. The summed E-state index contributed by atoms with van der Waals surface area (Å²) >= 11 is 1.33. The summed E-state index contributed by atoms with van der Waals surface area (Å²) in [6.45, 7) is 1.00. The van der Waals surface area contributed by atoms with Gasteiger partial charge in [-0.05, 0) is 30.2 Å². The molecule has 5 nitrogen and oxygen atoms in total. The highest BCUT2D eigenvalue weighted by molar-refractivity contribution is 7.22. The molecule has 0 amide bonds. The van der Waals surface area contributed by atoms with Crippen LogP contribution in [0, 0.1) is 6.07 Å². The van der Waals surface area contributed by atoms with Crippen LogP contribution >= 0.6 is 11.3 Å². The first-order chi connectivity index (χ1) is 12.4. The molecular weight excluding hydrogens is 365 g/mol. The van der Waals surface area contributed by atoms with Crippen LogP contribution in [0.15, 0.2) is 24.3 Å². The summed E-state index contributed by atoms with van der Waals surface area (Å²) in [5.41, 5.74) is 6.48. The molecule has 1 saturated heterocycles. The van der Waals surface area contributed by atoms with Gasteiger partial charge in [-0.2, -0.15) is 13.2 Å².